The summed E-state index contributed by atoms with van der Waals surface area (Å²) in [5.41, 5.74) is 3.46. The molecule has 3 rings (SSSR count). The highest BCUT2D eigenvalue weighted by atomic mass is 16.1. The lowest BCUT2D eigenvalue weighted by Gasteiger charge is -2.10. The second-order valence-corrected chi connectivity index (χ2v) is 5.00. The van der Waals surface area contributed by atoms with E-state index in [1.807, 2.05) is 56.3 Å². The van der Waals surface area contributed by atoms with Gasteiger partial charge in [0.05, 0.1) is 0 Å². The van der Waals surface area contributed by atoms with Crippen LogP contribution in [0.1, 0.15) is 27.0 Å². The number of carbonyl (C=O) groups is 1. The van der Waals surface area contributed by atoms with Gasteiger partial charge in [-0.05, 0) is 30.4 Å². The molecule has 0 aliphatic rings. The van der Waals surface area contributed by atoms with Crippen molar-refractivity contribution in [1.29, 1.82) is 0 Å². The lowest BCUT2D eigenvalue weighted by Crippen LogP contribution is -2.07. The van der Waals surface area contributed by atoms with Gasteiger partial charge < -0.3 is 0 Å². The first kappa shape index (κ1) is 12.5. The van der Waals surface area contributed by atoms with Crippen molar-refractivity contribution in [3.63, 3.8) is 0 Å². The summed E-state index contributed by atoms with van der Waals surface area (Å²) in [6.07, 6.45) is 3.45. The molecular formula is C18H15NO. The molecule has 0 N–H and O–H groups in total. The highest BCUT2D eigenvalue weighted by Gasteiger charge is 2.16. The molecule has 20 heavy (non-hydrogen) atoms. The Morgan fingerprint density at radius 1 is 0.900 bits per heavy atom. The maximum atomic E-state index is 12.9. The van der Waals surface area contributed by atoms with E-state index in [2.05, 4.69) is 4.98 Å². The molecular weight excluding hydrogens is 246 g/mol. The number of aryl methyl sites for hydroxylation is 2. The number of benzene rings is 2. The van der Waals surface area contributed by atoms with E-state index in [9.17, 15) is 4.79 Å². The topological polar surface area (TPSA) is 30.0 Å². The third kappa shape index (κ3) is 1.99. The minimum absolute atomic E-state index is 0.0462. The van der Waals surface area contributed by atoms with E-state index in [1.54, 1.807) is 12.4 Å². The molecule has 1 aromatic heterocycles. The van der Waals surface area contributed by atoms with Gasteiger partial charge >= 0.3 is 0 Å². The number of hydrogen-bond donors (Lipinski definition) is 0. The van der Waals surface area contributed by atoms with E-state index in [0.717, 1.165) is 27.5 Å². The SMILES string of the molecule is Cc1cccc(C)c1C(=O)c1cncc2ccccc12. The number of aromatic nitrogens is 1. The third-order valence-corrected chi connectivity index (χ3v) is 3.62. The summed E-state index contributed by atoms with van der Waals surface area (Å²) in [7, 11) is 0. The minimum atomic E-state index is 0.0462. The number of fused-ring (bicyclic) bond motifs is 1. The van der Waals surface area contributed by atoms with Crippen molar-refractivity contribution in [2.75, 3.05) is 0 Å². The maximum absolute atomic E-state index is 12.9. The molecule has 0 saturated carbocycles. The molecule has 98 valence electrons. The van der Waals surface area contributed by atoms with Crippen LogP contribution in [0.15, 0.2) is 54.9 Å². The largest absolute Gasteiger partial charge is 0.289 e. The highest BCUT2D eigenvalue weighted by molar-refractivity contribution is 6.17. The van der Waals surface area contributed by atoms with Crippen molar-refractivity contribution < 1.29 is 4.79 Å². The van der Waals surface area contributed by atoms with E-state index in [0.29, 0.717) is 5.56 Å². The summed E-state index contributed by atoms with van der Waals surface area (Å²) in [6, 6.07) is 13.8. The Morgan fingerprint density at radius 3 is 2.35 bits per heavy atom. The summed E-state index contributed by atoms with van der Waals surface area (Å²) < 4.78 is 0. The quantitative estimate of drug-likeness (QED) is 0.650. The van der Waals surface area contributed by atoms with Gasteiger partial charge in [0.25, 0.3) is 0 Å². The van der Waals surface area contributed by atoms with Gasteiger partial charge in [-0.2, -0.15) is 0 Å². The second-order valence-electron chi connectivity index (χ2n) is 5.00. The van der Waals surface area contributed by atoms with Crippen LogP contribution in [0.3, 0.4) is 0 Å². The molecule has 0 atom stereocenters. The summed E-state index contributed by atoms with van der Waals surface area (Å²) in [4.78, 5) is 17.1. The number of nitrogens with zero attached hydrogens (tertiary/aromatic N) is 1. The average molecular weight is 261 g/mol. The van der Waals surface area contributed by atoms with Gasteiger partial charge in [-0.3, -0.25) is 9.78 Å². The van der Waals surface area contributed by atoms with Gasteiger partial charge in [-0.25, -0.2) is 0 Å². The molecule has 2 aromatic carbocycles. The molecule has 0 saturated heterocycles. The molecule has 0 bridgehead atoms. The first-order valence-electron chi connectivity index (χ1n) is 6.62. The summed E-state index contributed by atoms with van der Waals surface area (Å²) in [5, 5.41) is 1.94. The third-order valence-electron chi connectivity index (χ3n) is 3.62. The van der Waals surface area contributed by atoms with E-state index in [4.69, 9.17) is 0 Å². The Morgan fingerprint density at radius 2 is 1.60 bits per heavy atom. The van der Waals surface area contributed by atoms with Crippen LogP contribution < -0.4 is 0 Å². The van der Waals surface area contributed by atoms with E-state index < -0.39 is 0 Å². The zero-order chi connectivity index (χ0) is 14.1. The molecule has 0 aliphatic carbocycles. The van der Waals surface area contributed by atoms with Crippen molar-refractivity contribution in [2.45, 2.75) is 13.8 Å². The Bertz CT molecular complexity index is 780. The summed E-state index contributed by atoms with van der Waals surface area (Å²) in [5.74, 6) is 0.0462. The van der Waals surface area contributed by atoms with Gasteiger partial charge in [-0.15, -0.1) is 0 Å². The zero-order valence-corrected chi connectivity index (χ0v) is 11.6. The van der Waals surface area contributed by atoms with Crippen molar-refractivity contribution in [3.05, 3.63) is 77.1 Å². The average Bonchev–Trinajstić information content (AvgIpc) is 2.46. The normalized spacial score (nSPS) is 10.7. The van der Waals surface area contributed by atoms with E-state index >= 15 is 0 Å². The number of pyridine rings is 1. The van der Waals surface area contributed by atoms with Gasteiger partial charge in [0.15, 0.2) is 5.78 Å². The molecule has 0 amide bonds. The second kappa shape index (κ2) is 4.89. The summed E-state index contributed by atoms with van der Waals surface area (Å²) in [6.45, 7) is 3.94. The Kier molecular flexibility index (Phi) is 3.07. The number of ketones is 1. The van der Waals surface area contributed by atoms with Crippen LogP contribution in [0.5, 0.6) is 0 Å². The predicted molar refractivity (Wildman–Crippen MR) is 81.1 cm³/mol. The van der Waals surface area contributed by atoms with E-state index in [-0.39, 0.29) is 5.78 Å². The highest BCUT2D eigenvalue weighted by Crippen LogP contribution is 2.23. The van der Waals surface area contributed by atoms with Gasteiger partial charge in [0, 0.05) is 28.9 Å². The fraction of sp³-hybridized carbons (Fsp3) is 0.111. The Hall–Kier alpha value is -2.48. The smallest absolute Gasteiger partial charge is 0.195 e. The number of carbonyl (C=O) groups excluding carboxylic acids is 1. The molecule has 0 aliphatic heterocycles. The molecule has 3 aromatic rings. The molecule has 2 heteroatoms. The van der Waals surface area contributed by atoms with Crippen LogP contribution >= 0.6 is 0 Å². The van der Waals surface area contributed by atoms with Crippen molar-refractivity contribution in [3.8, 4) is 0 Å². The minimum Gasteiger partial charge on any atom is -0.289 e. The Labute approximate surface area is 118 Å². The first-order chi connectivity index (χ1) is 9.68. The molecule has 0 radical (unpaired) electrons. The lowest BCUT2D eigenvalue weighted by atomic mass is 9.93. The Balaban J connectivity index is 2.24. The molecule has 0 fully saturated rings. The van der Waals surface area contributed by atoms with Crippen LogP contribution in [-0.4, -0.2) is 10.8 Å². The molecule has 2 nitrogen and oxygen atoms in total. The monoisotopic (exact) mass is 261 g/mol. The molecule has 1 heterocycles. The number of hydrogen-bond acceptors (Lipinski definition) is 2. The fourth-order valence-corrected chi connectivity index (χ4v) is 2.60. The van der Waals surface area contributed by atoms with Crippen LogP contribution in [-0.2, 0) is 0 Å². The molecule has 0 spiro atoms. The standard InChI is InChI=1S/C18H15NO/c1-12-6-5-7-13(2)17(12)18(20)16-11-19-10-14-8-3-4-9-15(14)16/h3-11H,1-2H3. The summed E-state index contributed by atoms with van der Waals surface area (Å²) >= 11 is 0. The maximum Gasteiger partial charge on any atom is 0.195 e. The van der Waals surface area contributed by atoms with Crippen LogP contribution in [0.25, 0.3) is 10.8 Å². The van der Waals surface area contributed by atoms with E-state index in [1.165, 1.54) is 0 Å². The number of rotatable bonds is 2. The predicted octanol–water partition coefficient (Wildman–Crippen LogP) is 4.08. The zero-order valence-electron chi connectivity index (χ0n) is 11.6. The fourth-order valence-electron chi connectivity index (χ4n) is 2.60. The van der Waals surface area contributed by atoms with Gasteiger partial charge in [0.1, 0.15) is 0 Å². The van der Waals surface area contributed by atoms with Crippen LogP contribution in [0, 0.1) is 13.8 Å². The van der Waals surface area contributed by atoms with Gasteiger partial charge in [0.2, 0.25) is 0 Å². The first-order valence-corrected chi connectivity index (χ1v) is 6.62. The molecule has 0 unspecified atom stereocenters. The van der Waals surface area contributed by atoms with Crippen molar-refractivity contribution >= 4 is 16.6 Å². The van der Waals surface area contributed by atoms with Crippen LogP contribution in [0.2, 0.25) is 0 Å². The van der Waals surface area contributed by atoms with Crippen molar-refractivity contribution in [2.24, 2.45) is 0 Å². The van der Waals surface area contributed by atoms with Crippen LogP contribution in [0.4, 0.5) is 0 Å². The lowest BCUT2D eigenvalue weighted by molar-refractivity contribution is 0.103. The van der Waals surface area contributed by atoms with Crippen molar-refractivity contribution in [1.82, 2.24) is 4.98 Å². The van der Waals surface area contributed by atoms with Gasteiger partial charge in [-0.1, -0.05) is 42.5 Å².